The van der Waals surface area contributed by atoms with Crippen LogP contribution in [0.25, 0.3) is 10.9 Å². The molecule has 2 aromatic carbocycles. The molecule has 0 saturated carbocycles. The Morgan fingerprint density at radius 1 is 0.968 bits per heavy atom. The molecule has 0 atom stereocenters. The van der Waals surface area contributed by atoms with Gasteiger partial charge in [0.2, 0.25) is 5.91 Å². The maximum atomic E-state index is 13.4. The number of carbonyl (C=O) groups excluding carboxylic acids is 1. The topological polar surface area (TPSA) is 73.1 Å². The molecule has 1 N–H and O–H groups in total. The first-order valence-electron chi connectivity index (χ1n) is 9.43. The van der Waals surface area contributed by atoms with Crippen LogP contribution in [0, 0.1) is 11.6 Å². The molecule has 0 unspecified atom stereocenters. The van der Waals surface area contributed by atoms with Crippen LogP contribution < -0.4 is 16.6 Å². The molecule has 4 rings (SSSR count). The van der Waals surface area contributed by atoms with Gasteiger partial charge in [0, 0.05) is 23.2 Å². The van der Waals surface area contributed by atoms with E-state index in [1.165, 1.54) is 22.0 Å². The Bertz CT molecular complexity index is 1380. The van der Waals surface area contributed by atoms with Gasteiger partial charge in [0.25, 0.3) is 5.56 Å². The maximum Gasteiger partial charge on any atom is 0.331 e. The molecule has 1 amide bonds. The number of aryl methyl sites for hydroxylation is 1. The summed E-state index contributed by atoms with van der Waals surface area (Å²) in [6, 6.07) is 13.3. The highest BCUT2D eigenvalue weighted by Gasteiger charge is 2.16. The first kappa shape index (κ1) is 20.7. The van der Waals surface area contributed by atoms with Gasteiger partial charge in [-0.2, -0.15) is 0 Å². The average molecular weight is 441 g/mol. The quantitative estimate of drug-likeness (QED) is 0.499. The van der Waals surface area contributed by atoms with E-state index in [2.05, 4.69) is 5.32 Å². The summed E-state index contributed by atoms with van der Waals surface area (Å²) in [6.45, 7) is -0.217. The van der Waals surface area contributed by atoms with Gasteiger partial charge in [0.05, 0.1) is 10.9 Å². The zero-order valence-corrected chi connectivity index (χ0v) is 17.0. The highest BCUT2D eigenvalue weighted by Crippen LogP contribution is 2.14. The van der Waals surface area contributed by atoms with E-state index in [-0.39, 0.29) is 12.2 Å². The van der Waals surface area contributed by atoms with Gasteiger partial charge in [0.1, 0.15) is 6.54 Å². The van der Waals surface area contributed by atoms with Crippen LogP contribution >= 0.6 is 11.3 Å². The van der Waals surface area contributed by atoms with E-state index in [0.717, 1.165) is 21.6 Å². The fourth-order valence-corrected chi connectivity index (χ4v) is 4.01. The molecule has 0 bridgehead atoms. The number of fused-ring (bicyclic) bond motifs is 1. The zero-order valence-electron chi connectivity index (χ0n) is 16.2. The second-order valence-corrected chi connectivity index (χ2v) is 7.88. The van der Waals surface area contributed by atoms with Crippen molar-refractivity contribution in [1.29, 1.82) is 0 Å². The van der Waals surface area contributed by atoms with Crippen LogP contribution in [0.2, 0.25) is 0 Å². The van der Waals surface area contributed by atoms with Crippen LogP contribution in [-0.2, 0) is 24.3 Å². The van der Waals surface area contributed by atoms with Crippen molar-refractivity contribution < 1.29 is 13.6 Å². The van der Waals surface area contributed by atoms with Crippen LogP contribution in [0.1, 0.15) is 4.88 Å². The standard InChI is InChI=1S/C22H17F2N3O3S/c23-17-8-7-14(12-18(17)24)25-20(28)13-27-19-6-2-1-5-16(19)21(29)26(22(27)30)10-9-15-4-3-11-31-15/h1-8,11-12H,9-10,13H2,(H,25,28). The monoisotopic (exact) mass is 441 g/mol. The minimum atomic E-state index is -1.09. The lowest BCUT2D eigenvalue weighted by Gasteiger charge is -2.14. The van der Waals surface area contributed by atoms with Crippen molar-refractivity contribution in [2.24, 2.45) is 0 Å². The molecule has 2 aromatic heterocycles. The Morgan fingerprint density at radius 2 is 1.77 bits per heavy atom. The predicted molar refractivity (Wildman–Crippen MR) is 115 cm³/mol. The number of halogens is 2. The van der Waals surface area contributed by atoms with E-state index >= 15 is 0 Å². The number of rotatable bonds is 6. The Labute approximate surface area is 179 Å². The van der Waals surface area contributed by atoms with Crippen molar-refractivity contribution in [3.05, 3.63) is 97.3 Å². The maximum absolute atomic E-state index is 13.4. The van der Waals surface area contributed by atoms with Crippen LogP contribution in [0.4, 0.5) is 14.5 Å². The average Bonchev–Trinajstić information content (AvgIpc) is 3.27. The number of para-hydroxylation sites is 1. The number of hydrogen-bond donors (Lipinski definition) is 1. The van der Waals surface area contributed by atoms with Crippen LogP contribution in [0.5, 0.6) is 0 Å². The van der Waals surface area contributed by atoms with Gasteiger partial charge >= 0.3 is 5.69 Å². The van der Waals surface area contributed by atoms with Gasteiger partial charge < -0.3 is 5.32 Å². The lowest BCUT2D eigenvalue weighted by molar-refractivity contribution is -0.116. The second kappa shape index (κ2) is 8.65. The lowest BCUT2D eigenvalue weighted by atomic mass is 10.2. The molecule has 0 saturated heterocycles. The summed E-state index contributed by atoms with van der Waals surface area (Å²) in [6.07, 6.45) is 0.506. The molecule has 0 aliphatic heterocycles. The minimum Gasteiger partial charge on any atom is -0.324 e. The van der Waals surface area contributed by atoms with E-state index in [1.807, 2.05) is 17.5 Å². The Balaban J connectivity index is 1.68. The van der Waals surface area contributed by atoms with Gasteiger partial charge in [-0.25, -0.2) is 13.6 Å². The third-order valence-corrected chi connectivity index (χ3v) is 5.74. The molecule has 0 aliphatic rings. The van der Waals surface area contributed by atoms with E-state index in [1.54, 1.807) is 24.3 Å². The number of amides is 1. The third kappa shape index (κ3) is 4.31. The van der Waals surface area contributed by atoms with Gasteiger partial charge in [0.15, 0.2) is 11.6 Å². The molecule has 0 aliphatic carbocycles. The number of hydrogen-bond acceptors (Lipinski definition) is 4. The summed E-state index contributed by atoms with van der Waals surface area (Å²) >= 11 is 1.53. The van der Waals surface area contributed by atoms with Crippen molar-refractivity contribution in [3.63, 3.8) is 0 Å². The van der Waals surface area contributed by atoms with E-state index in [9.17, 15) is 23.2 Å². The van der Waals surface area contributed by atoms with Crippen molar-refractivity contribution in [3.8, 4) is 0 Å². The smallest absolute Gasteiger partial charge is 0.324 e. The molecule has 6 nitrogen and oxygen atoms in total. The van der Waals surface area contributed by atoms with E-state index in [4.69, 9.17) is 0 Å². The normalized spacial score (nSPS) is 11.0. The summed E-state index contributed by atoms with van der Waals surface area (Å²) in [7, 11) is 0. The van der Waals surface area contributed by atoms with E-state index in [0.29, 0.717) is 17.3 Å². The molecule has 0 spiro atoms. The van der Waals surface area contributed by atoms with Crippen molar-refractivity contribution in [2.45, 2.75) is 19.5 Å². The number of nitrogens with one attached hydrogen (secondary N) is 1. The number of aromatic nitrogens is 2. The van der Waals surface area contributed by atoms with Gasteiger partial charge in [-0.1, -0.05) is 18.2 Å². The summed E-state index contributed by atoms with van der Waals surface area (Å²) in [5, 5.41) is 4.68. The largest absolute Gasteiger partial charge is 0.331 e. The van der Waals surface area contributed by atoms with Gasteiger partial charge in [-0.05, 0) is 42.1 Å². The van der Waals surface area contributed by atoms with Crippen molar-refractivity contribution in [1.82, 2.24) is 9.13 Å². The first-order chi connectivity index (χ1) is 14.9. The number of nitrogens with zero attached hydrogens (tertiary/aromatic N) is 2. The second-order valence-electron chi connectivity index (χ2n) is 6.85. The number of thiophene rings is 1. The summed E-state index contributed by atoms with van der Waals surface area (Å²) in [5.41, 5.74) is -0.646. The van der Waals surface area contributed by atoms with Crippen LogP contribution in [0.15, 0.2) is 69.6 Å². The fraction of sp³-hybridized carbons (Fsp3) is 0.136. The summed E-state index contributed by atoms with van der Waals surface area (Å²) in [4.78, 5) is 39.5. The summed E-state index contributed by atoms with van der Waals surface area (Å²) in [5.74, 6) is -2.73. The molecular formula is C22H17F2N3O3S. The predicted octanol–water partition coefficient (Wildman–Crippen LogP) is 3.38. The summed E-state index contributed by atoms with van der Waals surface area (Å²) < 4.78 is 28.8. The molecule has 0 radical (unpaired) electrons. The van der Waals surface area contributed by atoms with Crippen LogP contribution in [-0.4, -0.2) is 15.0 Å². The molecule has 0 fully saturated rings. The van der Waals surface area contributed by atoms with E-state index < -0.39 is 35.3 Å². The first-order valence-corrected chi connectivity index (χ1v) is 10.3. The highest BCUT2D eigenvalue weighted by molar-refractivity contribution is 7.09. The third-order valence-electron chi connectivity index (χ3n) is 4.80. The Hall–Kier alpha value is -3.59. The molecule has 31 heavy (non-hydrogen) atoms. The zero-order chi connectivity index (χ0) is 22.0. The SMILES string of the molecule is O=C(Cn1c(=O)n(CCc2cccs2)c(=O)c2ccccc21)Nc1ccc(F)c(F)c1. The van der Waals surface area contributed by atoms with Gasteiger partial charge in [-0.3, -0.25) is 18.7 Å². The fourth-order valence-electron chi connectivity index (χ4n) is 3.32. The Kier molecular flexibility index (Phi) is 5.77. The number of carbonyl (C=O) groups is 1. The number of anilines is 1. The molecule has 4 aromatic rings. The molecular weight excluding hydrogens is 424 g/mol. The van der Waals surface area contributed by atoms with Crippen molar-refractivity contribution in [2.75, 3.05) is 5.32 Å². The number of benzene rings is 2. The molecule has 9 heteroatoms. The highest BCUT2D eigenvalue weighted by atomic mass is 32.1. The van der Waals surface area contributed by atoms with Crippen LogP contribution in [0.3, 0.4) is 0 Å². The lowest BCUT2D eigenvalue weighted by Crippen LogP contribution is -2.42. The van der Waals surface area contributed by atoms with Crippen molar-refractivity contribution >= 4 is 33.8 Å². The molecule has 158 valence electrons. The van der Waals surface area contributed by atoms with Gasteiger partial charge in [-0.15, -0.1) is 11.3 Å². The Morgan fingerprint density at radius 3 is 2.52 bits per heavy atom. The molecule has 2 heterocycles. The minimum absolute atomic E-state index is 0.0623.